The molecular formula is C20H24N2O6. The van der Waals surface area contributed by atoms with E-state index in [-0.39, 0.29) is 23.1 Å². The lowest BCUT2D eigenvalue weighted by Crippen LogP contribution is -2.33. The first-order valence-corrected chi connectivity index (χ1v) is 8.75. The molecule has 0 radical (unpaired) electrons. The number of benzene rings is 2. The standard InChI is InChI=1S/C20H24N2O6/c1-12(19(26)14-3-5-15(23)6-4-14)22-9-8-13-2-7-17(28-11-18(24)25)16(10-13)20(21)27/h2-7,10,12,19,22-23,26H,8-9,11H2,1H3,(H2,21,27)(H,24,25)/t12-,19+/m0/s1. The Hall–Kier alpha value is -3.10. The molecule has 28 heavy (non-hydrogen) atoms. The lowest BCUT2D eigenvalue weighted by atomic mass is 10.0. The number of nitrogens with two attached hydrogens (primary N) is 1. The van der Waals surface area contributed by atoms with Gasteiger partial charge in [-0.15, -0.1) is 0 Å². The molecule has 0 spiro atoms. The molecule has 0 aliphatic carbocycles. The zero-order valence-electron chi connectivity index (χ0n) is 15.5. The summed E-state index contributed by atoms with van der Waals surface area (Å²) in [6.45, 7) is 1.81. The molecule has 8 heteroatoms. The number of aliphatic hydroxyl groups excluding tert-OH is 1. The van der Waals surface area contributed by atoms with Gasteiger partial charge in [0.15, 0.2) is 6.61 Å². The normalized spacial score (nSPS) is 12.9. The number of nitrogens with one attached hydrogen (secondary N) is 1. The molecule has 1 amide bonds. The molecule has 6 N–H and O–H groups in total. The third-order valence-corrected chi connectivity index (χ3v) is 4.25. The van der Waals surface area contributed by atoms with Gasteiger partial charge in [-0.2, -0.15) is 0 Å². The van der Waals surface area contributed by atoms with Crippen LogP contribution in [0.5, 0.6) is 11.5 Å². The number of carbonyl (C=O) groups excluding carboxylic acids is 1. The zero-order valence-corrected chi connectivity index (χ0v) is 15.5. The van der Waals surface area contributed by atoms with Gasteiger partial charge in [-0.1, -0.05) is 18.2 Å². The SMILES string of the molecule is C[C@H](NCCc1ccc(OCC(=O)O)c(C(N)=O)c1)[C@@H](O)c1ccc(O)cc1. The quantitative estimate of drug-likeness (QED) is 0.412. The van der Waals surface area contributed by atoms with Crippen LogP contribution in [0, 0.1) is 0 Å². The van der Waals surface area contributed by atoms with Crippen molar-refractivity contribution in [2.75, 3.05) is 13.2 Å². The Kier molecular flexibility index (Phi) is 7.36. The van der Waals surface area contributed by atoms with Crippen LogP contribution in [-0.4, -0.2) is 46.4 Å². The molecule has 0 heterocycles. The van der Waals surface area contributed by atoms with Gasteiger partial charge < -0.3 is 31.1 Å². The fraction of sp³-hybridized carbons (Fsp3) is 0.300. The van der Waals surface area contributed by atoms with E-state index in [2.05, 4.69) is 5.32 Å². The van der Waals surface area contributed by atoms with Crippen LogP contribution in [0.1, 0.15) is 34.5 Å². The molecule has 2 atom stereocenters. The maximum absolute atomic E-state index is 11.6. The van der Waals surface area contributed by atoms with Crippen LogP contribution >= 0.6 is 0 Å². The Bertz CT molecular complexity index is 822. The van der Waals surface area contributed by atoms with E-state index in [0.29, 0.717) is 18.5 Å². The van der Waals surface area contributed by atoms with Crippen molar-refractivity contribution in [1.29, 1.82) is 0 Å². The summed E-state index contributed by atoms with van der Waals surface area (Å²) in [6.07, 6.45) is -0.180. The third kappa shape index (κ3) is 5.97. The number of rotatable bonds is 10. The lowest BCUT2D eigenvalue weighted by molar-refractivity contribution is -0.139. The maximum atomic E-state index is 11.6. The highest BCUT2D eigenvalue weighted by Gasteiger charge is 2.16. The summed E-state index contributed by atoms with van der Waals surface area (Å²) < 4.78 is 5.08. The van der Waals surface area contributed by atoms with Crippen molar-refractivity contribution in [3.05, 3.63) is 59.2 Å². The summed E-state index contributed by atoms with van der Waals surface area (Å²) in [7, 11) is 0. The van der Waals surface area contributed by atoms with Gasteiger partial charge in [0.25, 0.3) is 5.91 Å². The minimum absolute atomic E-state index is 0.121. The molecule has 0 aromatic heterocycles. The predicted molar refractivity (Wildman–Crippen MR) is 102 cm³/mol. The number of ether oxygens (including phenoxy) is 1. The topological polar surface area (TPSA) is 142 Å². The monoisotopic (exact) mass is 388 g/mol. The smallest absolute Gasteiger partial charge is 0.341 e. The molecule has 0 fully saturated rings. The van der Waals surface area contributed by atoms with E-state index < -0.39 is 24.6 Å². The van der Waals surface area contributed by atoms with Gasteiger partial charge in [0.05, 0.1) is 11.7 Å². The van der Waals surface area contributed by atoms with Crippen LogP contribution in [0.15, 0.2) is 42.5 Å². The maximum Gasteiger partial charge on any atom is 0.341 e. The predicted octanol–water partition coefficient (Wildman–Crippen LogP) is 1.21. The van der Waals surface area contributed by atoms with Crippen LogP contribution in [0.25, 0.3) is 0 Å². The molecule has 0 saturated heterocycles. The number of hydrogen-bond acceptors (Lipinski definition) is 6. The van der Waals surface area contributed by atoms with Crippen LogP contribution in [0.2, 0.25) is 0 Å². The van der Waals surface area contributed by atoms with Crippen molar-refractivity contribution in [3.8, 4) is 11.5 Å². The Morgan fingerprint density at radius 2 is 1.86 bits per heavy atom. The number of aliphatic hydroxyl groups is 1. The lowest BCUT2D eigenvalue weighted by Gasteiger charge is -2.21. The van der Waals surface area contributed by atoms with Crippen molar-refractivity contribution < 1.29 is 29.6 Å². The number of carboxylic acids is 1. The first-order valence-electron chi connectivity index (χ1n) is 8.75. The highest BCUT2D eigenvalue weighted by molar-refractivity contribution is 5.95. The highest BCUT2D eigenvalue weighted by atomic mass is 16.5. The number of hydrogen-bond donors (Lipinski definition) is 5. The first kappa shape index (κ1) is 21.2. The van der Waals surface area contributed by atoms with Crippen LogP contribution < -0.4 is 15.8 Å². The summed E-state index contributed by atoms with van der Waals surface area (Å²) in [4.78, 5) is 22.2. The average molecular weight is 388 g/mol. The Morgan fingerprint density at radius 3 is 2.46 bits per heavy atom. The molecule has 2 aromatic rings. The van der Waals surface area contributed by atoms with Gasteiger partial charge in [0.2, 0.25) is 0 Å². The molecule has 2 rings (SSSR count). The Morgan fingerprint density at radius 1 is 1.18 bits per heavy atom. The molecule has 0 aliphatic rings. The van der Waals surface area contributed by atoms with Crippen LogP contribution in [0.3, 0.4) is 0 Å². The van der Waals surface area contributed by atoms with Crippen molar-refractivity contribution >= 4 is 11.9 Å². The number of aliphatic carboxylic acids is 1. The minimum atomic E-state index is -1.15. The van der Waals surface area contributed by atoms with E-state index in [1.807, 2.05) is 6.92 Å². The molecule has 8 nitrogen and oxygen atoms in total. The first-order chi connectivity index (χ1) is 13.3. The largest absolute Gasteiger partial charge is 0.508 e. The molecule has 0 saturated carbocycles. The van der Waals surface area contributed by atoms with Gasteiger partial charge in [0, 0.05) is 6.04 Å². The third-order valence-electron chi connectivity index (χ3n) is 4.25. The van der Waals surface area contributed by atoms with Gasteiger partial charge in [-0.3, -0.25) is 4.79 Å². The number of amides is 1. The minimum Gasteiger partial charge on any atom is -0.508 e. The average Bonchev–Trinajstić information content (AvgIpc) is 2.66. The van der Waals surface area contributed by atoms with Crippen molar-refractivity contribution in [2.45, 2.75) is 25.5 Å². The van der Waals surface area contributed by atoms with E-state index >= 15 is 0 Å². The van der Waals surface area contributed by atoms with Gasteiger partial charge >= 0.3 is 5.97 Å². The zero-order chi connectivity index (χ0) is 20.7. The second-order valence-corrected chi connectivity index (χ2v) is 6.41. The summed E-state index contributed by atoms with van der Waals surface area (Å²) in [5.74, 6) is -1.59. The van der Waals surface area contributed by atoms with Crippen molar-refractivity contribution in [3.63, 3.8) is 0 Å². The van der Waals surface area contributed by atoms with E-state index in [1.54, 1.807) is 24.3 Å². The van der Waals surface area contributed by atoms with E-state index in [1.165, 1.54) is 18.2 Å². The molecular weight excluding hydrogens is 364 g/mol. The second kappa shape index (κ2) is 9.72. The van der Waals surface area contributed by atoms with Crippen LogP contribution in [0.4, 0.5) is 0 Å². The number of primary amides is 1. The summed E-state index contributed by atoms with van der Waals surface area (Å²) in [6, 6.07) is 10.9. The molecule has 0 bridgehead atoms. The van der Waals surface area contributed by atoms with Crippen molar-refractivity contribution in [1.82, 2.24) is 5.32 Å². The second-order valence-electron chi connectivity index (χ2n) is 6.41. The van der Waals surface area contributed by atoms with E-state index in [0.717, 1.165) is 5.56 Å². The van der Waals surface area contributed by atoms with Crippen molar-refractivity contribution in [2.24, 2.45) is 5.73 Å². The van der Waals surface area contributed by atoms with Gasteiger partial charge in [0.1, 0.15) is 11.5 Å². The highest BCUT2D eigenvalue weighted by Crippen LogP contribution is 2.21. The Balaban J connectivity index is 1.94. The molecule has 150 valence electrons. The Labute approximate surface area is 162 Å². The van der Waals surface area contributed by atoms with E-state index in [9.17, 15) is 19.8 Å². The number of phenolic OH excluding ortho intramolecular Hbond substituents is 1. The fourth-order valence-electron chi connectivity index (χ4n) is 2.71. The van der Waals surface area contributed by atoms with E-state index in [4.69, 9.17) is 15.6 Å². The molecule has 0 aliphatic heterocycles. The number of carbonyl (C=O) groups is 2. The fourth-order valence-corrected chi connectivity index (χ4v) is 2.71. The summed E-state index contributed by atoms with van der Waals surface area (Å²) in [5, 5.41) is 31.6. The molecule has 0 unspecified atom stereocenters. The number of carboxylic acid groups (broad SMARTS) is 1. The van der Waals surface area contributed by atoms with Gasteiger partial charge in [-0.05, 0) is 55.3 Å². The number of phenols is 1. The van der Waals surface area contributed by atoms with Gasteiger partial charge in [-0.25, -0.2) is 4.79 Å². The summed E-state index contributed by atoms with van der Waals surface area (Å²) in [5.41, 5.74) is 6.97. The van der Waals surface area contributed by atoms with Crippen LogP contribution in [-0.2, 0) is 11.2 Å². The molecule has 2 aromatic carbocycles. The summed E-state index contributed by atoms with van der Waals surface area (Å²) >= 11 is 0. The number of aromatic hydroxyl groups is 1.